The molecule has 0 unspecified atom stereocenters. The van der Waals surface area contributed by atoms with Crippen LogP contribution in [-0.4, -0.2) is 39.1 Å². The fourth-order valence-electron chi connectivity index (χ4n) is 2.81. The molecule has 2 aromatic carbocycles. The van der Waals surface area contributed by atoms with E-state index in [1.807, 2.05) is 30.3 Å². The molecule has 7 nitrogen and oxygen atoms in total. The van der Waals surface area contributed by atoms with E-state index in [-0.39, 0.29) is 5.91 Å². The Bertz CT molecular complexity index is 871. The van der Waals surface area contributed by atoms with Crippen LogP contribution in [0.4, 0.5) is 0 Å². The van der Waals surface area contributed by atoms with E-state index in [1.54, 1.807) is 13.2 Å². The Morgan fingerprint density at radius 1 is 1.00 bits per heavy atom. The van der Waals surface area contributed by atoms with Crippen molar-refractivity contribution in [3.63, 3.8) is 0 Å². The molecule has 0 fully saturated rings. The highest BCUT2D eigenvalue weighted by atomic mass is 79.9. The van der Waals surface area contributed by atoms with Crippen molar-refractivity contribution in [3.8, 4) is 23.0 Å². The maximum Gasteiger partial charge on any atom is 0.236 e. The van der Waals surface area contributed by atoms with Crippen molar-refractivity contribution in [2.45, 2.75) is 39.5 Å². The smallest absolute Gasteiger partial charge is 0.236 e. The number of nitrogens with one attached hydrogen (secondary N) is 1. The van der Waals surface area contributed by atoms with Crippen LogP contribution in [0.15, 0.2) is 46.0 Å². The summed E-state index contributed by atoms with van der Waals surface area (Å²) in [6.07, 6.45) is 6.27. The molecule has 0 saturated carbocycles. The van der Waals surface area contributed by atoms with Crippen LogP contribution in [0.1, 0.15) is 45.1 Å². The molecule has 0 heterocycles. The number of amides is 1. The second kappa shape index (κ2) is 14.3. The molecule has 0 saturated heterocycles. The van der Waals surface area contributed by atoms with Gasteiger partial charge in [0.2, 0.25) is 5.91 Å². The summed E-state index contributed by atoms with van der Waals surface area (Å²) in [6.45, 7) is 5.04. The first-order chi connectivity index (χ1) is 15.5. The summed E-state index contributed by atoms with van der Waals surface area (Å²) in [7, 11) is 1.56. The quantitative estimate of drug-likeness (QED) is 0.212. The standard InChI is InChI=1S/C24H31BrN2O5/c1-4-5-6-7-12-30-20-8-10-21(11-9-20)31-13-14-32-24-22(25)15-19(16-23(24)29-3)17-26-27-18(2)28/h8-11,15-17H,4-7,12-14H2,1-3H3,(H,27,28)/b26-17+. The third-order valence-electron chi connectivity index (χ3n) is 4.38. The van der Waals surface area contributed by atoms with Crippen molar-refractivity contribution >= 4 is 28.1 Å². The second-order valence-electron chi connectivity index (χ2n) is 7.04. The summed E-state index contributed by atoms with van der Waals surface area (Å²) in [6, 6.07) is 11.2. The first-order valence-corrected chi connectivity index (χ1v) is 11.5. The van der Waals surface area contributed by atoms with Crippen molar-refractivity contribution in [3.05, 3.63) is 46.4 Å². The number of benzene rings is 2. The molecule has 0 bridgehead atoms. The molecule has 2 aromatic rings. The Hall–Kier alpha value is -2.74. The van der Waals surface area contributed by atoms with E-state index in [0.29, 0.717) is 29.2 Å². The number of rotatable bonds is 14. The second-order valence-corrected chi connectivity index (χ2v) is 7.89. The van der Waals surface area contributed by atoms with Gasteiger partial charge in [-0.2, -0.15) is 5.10 Å². The van der Waals surface area contributed by atoms with Gasteiger partial charge >= 0.3 is 0 Å². The van der Waals surface area contributed by atoms with Gasteiger partial charge < -0.3 is 18.9 Å². The lowest BCUT2D eigenvalue weighted by Gasteiger charge is -2.14. The molecule has 1 amide bonds. The Balaban J connectivity index is 1.80. The van der Waals surface area contributed by atoms with Gasteiger partial charge in [0, 0.05) is 6.92 Å². The lowest BCUT2D eigenvalue weighted by Crippen LogP contribution is -2.12. The van der Waals surface area contributed by atoms with Crippen LogP contribution in [0.5, 0.6) is 23.0 Å². The highest BCUT2D eigenvalue weighted by Gasteiger charge is 2.11. The van der Waals surface area contributed by atoms with Crippen molar-refractivity contribution in [2.24, 2.45) is 5.10 Å². The number of ether oxygens (including phenoxy) is 4. The molecule has 0 atom stereocenters. The van der Waals surface area contributed by atoms with Crippen molar-refractivity contribution in [1.82, 2.24) is 5.43 Å². The zero-order chi connectivity index (χ0) is 23.2. The van der Waals surface area contributed by atoms with E-state index in [0.717, 1.165) is 30.1 Å². The van der Waals surface area contributed by atoms with Crippen LogP contribution in [0.2, 0.25) is 0 Å². The fraction of sp³-hybridized carbons (Fsp3) is 0.417. The number of unbranched alkanes of at least 4 members (excludes halogenated alkanes) is 3. The first kappa shape index (κ1) is 25.5. The number of carbonyl (C=O) groups is 1. The maximum atomic E-state index is 10.9. The highest BCUT2D eigenvalue weighted by molar-refractivity contribution is 9.10. The van der Waals surface area contributed by atoms with Gasteiger partial charge in [0.05, 0.1) is 24.4 Å². The first-order valence-electron chi connectivity index (χ1n) is 10.7. The molecular formula is C24H31BrN2O5. The normalized spacial score (nSPS) is 10.8. The minimum Gasteiger partial charge on any atom is -0.494 e. The molecule has 8 heteroatoms. The van der Waals surface area contributed by atoms with Gasteiger partial charge in [-0.25, -0.2) is 5.43 Å². The largest absolute Gasteiger partial charge is 0.494 e. The Morgan fingerprint density at radius 2 is 1.66 bits per heavy atom. The van der Waals surface area contributed by atoms with E-state index in [9.17, 15) is 4.79 Å². The van der Waals surface area contributed by atoms with Crippen LogP contribution in [0.3, 0.4) is 0 Å². The predicted octanol–water partition coefficient (Wildman–Crippen LogP) is 5.34. The van der Waals surface area contributed by atoms with E-state index < -0.39 is 0 Å². The minimum atomic E-state index is -0.239. The summed E-state index contributed by atoms with van der Waals surface area (Å²) in [5.74, 6) is 2.48. The molecule has 0 radical (unpaired) electrons. The monoisotopic (exact) mass is 506 g/mol. The summed E-state index contributed by atoms with van der Waals surface area (Å²) in [5, 5.41) is 3.86. The summed E-state index contributed by atoms with van der Waals surface area (Å²) in [4.78, 5) is 10.9. The third kappa shape index (κ3) is 9.18. The van der Waals surface area contributed by atoms with Crippen LogP contribution >= 0.6 is 15.9 Å². The number of nitrogens with zero attached hydrogens (tertiary/aromatic N) is 1. The number of hydrogen-bond acceptors (Lipinski definition) is 6. The zero-order valence-electron chi connectivity index (χ0n) is 18.9. The molecule has 174 valence electrons. The van der Waals surface area contributed by atoms with E-state index in [4.69, 9.17) is 18.9 Å². The Kier molecular flexibility index (Phi) is 11.4. The van der Waals surface area contributed by atoms with Crippen LogP contribution in [0.25, 0.3) is 0 Å². The Morgan fingerprint density at radius 3 is 2.28 bits per heavy atom. The van der Waals surface area contributed by atoms with Crippen molar-refractivity contribution in [2.75, 3.05) is 26.9 Å². The lowest BCUT2D eigenvalue weighted by molar-refractivity contribution is -0.118. The van der Waals surface area contributed by atoms with Gasteiger partial charge in [0.25, 0.3) is 0 Å². The Labute approximate surface area is 198 Å². The topological polar surface area (TPSA) is 78.4 Å². The number of halogens is 1. The molecule has 2 rings (SSSR count). The predicted molar refractivity (Wildman–Crippen MR) is 129 cm³/mol. The van der Waals surface area contributed by atoms with Gasteiger partial charge in [0.1, 0.15) is 24.7 Å². The van der Waals surface area contributed by atoms with Crippen LogP contribution in [-0.2, 0) is 4.79 Å². The number of hydrogen-bond donors (Lipinski definition) is 1. The third-order valence-corrected chi connectivity index (χ3v) is 4.97. The molecular weight excluding hydrogens is 476 g/mol. The summed E-state index contributed by atoms with van der Waals surface area (Å²) in [5.41, 5.74) is 3.11. The molecule has 0 aliphatic carbocycles. The molecule has 0 aliphatic rings. The molecule has 1 N–H and O–H groups in total. The maximum absolute atomic E-state index is 10.9. The van der Waals surface area contributed by atoms with E-state index in [1.165, 1.54) is 32.4 Å². The van der Waals surface area contributed by atoms with Crippen LogP contribution < -0.4 is 24.4 Å². The van der Waals surface area contributed by atoms with E-state index in [2.05, 4.69) is 33.4 Å². The van der Waals surface area contributed by atoms with Gasteiger partial charge in [-0.05, 0) is 64.3 Å². The van der Waals surface area contributed by atoms with Crippen molar-refractivity contribution < 1.29 is 23.7 Å². The minimum absolute atomic E-state index is 0.239. The number of hydrazone groups is 1. The molecule has 0 spiro atoms. The highest BCUT2D eigenvalue weighted by Crippen LogP contribution is 2.36. The van der Waals surface area contributed by atoms with E-state index >= 15 is 0 Å². The molecule has 0 aliphatic heterocycles. The van der Waals surface area contributed by atoms with Gasteiger partial charge in [-0.15, -0.1) is 0 Å². The lowest BCUT2D eigenvalue weighted by atomic mass is 10.2. The SMILES string of the molecule is CCCCCCOc1ccc(OCCOc2c(Br)cc(/C=N/NC(C)=O)cc2OC)cc1. The fourth-order valence-corrected chi connectivity index (χ4v) is 3.38. The van der Waals surface area contributed by atoms with Gasteiger partial charge in [-0.1, -0.05) is 26.2 Å². The zero-order valence-corrected chi connectivity index (χ0v) is 20.4. The summed E-state index contributed by atoms with van der Waals surface area (Å²) >= 11 is 3.49. The van der Waals surface area contributed by atoms with Gasteiger partial charge in [0.15, 0.2) is 11.5 Å². The van der Waals surface area contributed by atoms with Crippen molar-refractivity contribution in [1.29, 1.82) is 0 Å². The number of carbonyl (C=O) groups excluding carboxylic acids is 1. The van der Waals surface area contributed by atoms with Crippen LogP contribution in [0, 0.1) is 0 Å². The average Bonchev–Trinajstić information content (AvgIpc) is 2.78. The molecule has 32 heavy (non-hydrogen) atoms. The molecule has 0 aromatic heterocycles. The van der Waals surface area contributed by atoms with Gasteiger partial charge in [-0.3, -0.25) is 4.79 Å². The average molecular weight is 507 g/mol. The number of methoxy groups -OCH3 is 1. The summed E-state index contributed by atoms with van der Waals surface area (Å²) < 4.78 is 23.5.